The number of nitrogens with one attached hydrogen (secondary N) is 1. The molecule has 0 saturated heterocycles. The molecule has 0 bridgehead atoms. The minimum atomic E-state index is -0.576. The van der Waals surface area contributed by atoms with Gasteiger partial charge in [0.05, 0.1) is 10.7 Å². The number of Topliss-reactive ketones (excluding diaryl/α,β-unsaturated/α-hetero) is 1. The molecule has 1 N–H and O–H groups in total. The summed E-state index contributed by atoms with van der Waals surface area (Å²) < 4.78 is 10.4. The largest absolute Gasteiger partial charge is 0.352 e. The lowest BCUT2D eigenvalue weighted by atomic mass is 9.93. The summed E-state index contributed by atoms with van der Waals surface area (Å²) in [6.07, 6.45) is 3.21. The number of carbonyl (C=O) groups excluding carboxylic acids is 3. The summed E-state index contributed by atoms with van der Waals surface area (Å²) in [5, 5.41) is 3.19. The Morgan fingerprint density at radius 3 is 2.30 bits per heavy atom. The van der Waals surface area contributed by atoms with Crippen LogP contribution in [0, 0.1) is 13.8 Å². The van der Waals surface area contributed by atoms with Crippen LogP contribution in [-0.2, 0) is 15.9 Å². The van der Waals surface area contributed by atoms with Crippen LogP contribution in [0.5, 0.6) is 0 Å². The lowest BCUT2D eigenvalue weighted by Crippen LogP contribution is -2.15. The molecule has 1 amide bonds. The Hall–Kier alpha value is -4.24. The summed E-state index contributed by atoms with van der Waals surface area (Å²) in [4.78, 5) is 45.4. The highest BCUT2D eigenvalue weighted by Gasteiger charge is 2.18. The Bertz CT molecular complexity index is 1570. The number of ketones is 1. The van der Waals surface area contributed by atoms with E-state index < -0.39 is 12.2 Å². The zero-order valence-electron chi connectivity index (χ0n) is 22.5. The third kappa shape index (κ3) is 6.15. The van der Waals surface area contributed by atoms with E-state index in [0.29, 0.717) is 38.7 Å². The highest BCUT2D eigenvalue weighted by molar-refractivity contribution is 6.36. The van der Waals surface area contributed by atoms with Crippen molar-refractivity contribution in [2.45, 2.75) is 26.6 Å². The van der Waals surface area contributed by atoms with Gasteiger partial charge in [0.15, 0.2) is 18.4 Å². The molecule has 8 nitrogen and oxygen atoms in total. The van der Waals surface area contributed by atoms with Crippen molar-refractivity contribution in [3.05, 3.63) is 111 Å². The third-order valence-electron chi connectivity index (χ3n) is 6.62. The second kappa shape index (κ2) is 12.7. The number of aryl methyl sites for hydroxylation is 1. The van der Waals surface area contributed by atoms with Gasteiger partial charge in [0, 0.05) is 49.7 Å². The van der Waals surface area contributed by atoms with E-state index in [0.717, 1.165) is 23.0 Å². The van der Waals surface area contributed by atoms with Crippen molar-refractivity contribution in [1.29, 1.82) is 0 Å². The highest BCUT2D eigenvalue weighted by Crippen LogP contribution is 2.36. The first-order chi connectivity index (χ1) is 19.3. The molecule has 40 heavy (non-hydrogen) atoms. The van der Waals surface area contributed by atoms with Gasteiger partial charge in [-0.05, 0) is 54.3 Å². The first-order valence-electron chi connectivity index (χ1n) is 12.4. The Morgan fingerprint density at radius 2 is 1.65 bits per heavy atom. The fourth-order valence-electron chi connectivity index (χ4n) is 4.34. The number of rotatable bonds is 10. The molecule has 0 saturated carbocycles. The van der Waals surface area contributed by atoms with Gasteiger partial charge in [0.25, 0.3) is 5.91 Å². The van der Waals surface area contributed by atoms with Crippen LogP contribution in [0.1, 0.15) is 59.9 Å². The number of amides is 1. The van der Waals surface area contributed by atoms with E-state index >= 15 is 0 Å². The molecule has 2 aromatic heterocycles. The number of carbonyl (C=O) groups is 3. The minimum absolute atomic E-state index is 0.134. The molecule has 0 unspecified atom stereocenters. The monoisotopic (exact) mass is 557 g/mol. The van der Waals surface area contributed by atoms with E-state index in [4.69, 9.17) is 21.1 Å². The summed E-state index contributed by atoms with van der Waals surface area (Å²) >= 11 is 6.78. The van der Waals surface area contributed by atoms with E-state index in [2.05, 4.69) is 15.3 Å². The number of ether oxygens (including phenoxy) is 2. The van der Waals surface area contributed by atoms with Crippen molar-refractivity contribution in [3.63, 3.8) is 0 Å². The lowest BCUT2D eigenvalue weighted by molar-refractivity contribution is -0.106. The molecular formula is C31H28ClN3O5. The second-order valence-electron chi connectivity index (χ2n) is 9.13. The van der Waals surface area contributed by atoms with Crippen molar-refractivity contribution >= 4 is 35.3 Å². The normalized spacial score (nSPS) is 10.9. The molecule has 0 atom stereocenters. The van der Waals surface area contributed by atoms with Gasteiger partial charge in [-0.1, -0.05) is 48.0 Å². The van der Waals surface area contributed by atoms with Crippen molar-refractivity contribution < 1.29 is 23.9 Å². The Morgan fingerprint density at radius 1 is 0.950 bits per heavy atom. The number of benzene rings is 2. The van der Waals surface area contributed by atoms with Gasteiger partial charge in [-0.25, -0.2) is 0 Å². The Kier molecular flexibility index (Phi) is 9.16. The molecule has 4 rings (SSSR count). The molecule has 0 aliphatic carbocycles. The molecule has 0 aliphatic rings. The quantitative estimate of drug-likeness (QED) is 0.141. The van der Waals surface area contributed by atoms with Gasteiger partial charge in [0.2, 0.25) is 0 Å². The fraction of sp³-hybridized carbons (Fsp3) is 0.194. The highest BCUT2D eigenvalue weighted by atomic mass is 35.5. The molecule has 0 fully saturated rings. The zero-order valence-corrected chi connectivity index (χ0v) is 23.3. The Labute approximate surface area is 237 Å². The standard InChI is InChI=1S/C31H28ClN3O5/c1-18-13-27(34-16-22(18)17-36)28(37)14-20-7-5-8-23(19(20)2)24-9-6-10-25(29(24)32)35-30(38)26-12-11-21(15-33-26)31(39-3)40-4/h5-13,15-17,31H,14H2,1-4H3,(H,35,38). The molecule has 0 radical (unpaired) electrons. The first kappa shape index (κ1) is 28.8. The number of hydrogen-bond donors (Lipinski definition) is 1. The van der Waals surface area contributed by atoms with Crippen LogP contribution in [0.3, 0.4) is 0 Å². The molecular weight excluding hydrogens is 530 g/mol. The fourth-order valence-corrected chi connectivity index (χ4v) is 4.62. The summed E-state index contributed by atoms with van der Waals surface area (Å²) in [6, 6.07) is 16.0. The average molecular weight is 558 g/mol. The van der Waals surface area contributed by atoms with Crippen LogP contribution in [0.25, 0.3) is 11.1 Å². The van der Waals surface area contributed by atoms with E-state index in [1.165, 1.54) is 26.6 Å². The van der Waals surface area contributed by atoms with E-state index in [1.807, 2.05) is 31.2 Å². The van der Waals surface area contributed by atoms with Crippen LogP contribution in [0.4, 0.5) is 5.69 Å². The smallest absolute Gasteiger partial charge is 0.274 e. The summed E-state index contributed by atoms with van der Waals surface area (Å²) in [5.74, 6) is -0.579. The maximum Gasteiger partial charge on any atom is 0.274 e. The second-order valence-corrected chi connectivity index (χ2v) is 9.51. The SMILES string of the molecule is COC(OC)c1ccc(C(=O)Nc2cccc(-c3cccc(CC(=O)c4cc(C)c(C=O)cn4)c3C)c2Cl)nc1. The summed E-state index contributed by atoms with van der Waals surface area (Å²) in [7, 11) is 3.04. The number of pyridine rings is 2. The topological polar surface area (TPSA) is 107 Å². The van der Waals surface area contributed by atoms with E-state index in [9.17, 15) is 14.4 Å². The maximum absolute atomic E-state index is 13.0. The Balaban J connectivity index is 1.56. The zero-order chi connectivity index (χ0) is 28.8. The number of hydrogen-bond acceptors (Lipinski definition) is 7. The molecule has 0 aliphatic heterocycles. The van der Waals surface area contributed by atoms with Gasteiger partial charge < -0.3 is 14.8 Å². The number of aromatic nitrogens is 2. The van der Waals surface area contributed by atoms with Crippen LogP contribution >= 0.6 is 11.6 Å². The van der Waals surface area contributed by atoms with Crippen LogP contribution < -0.4 is 5.32 Å². The molecule has 0 spiro atoms. The molecule has 2 aromatic carbocycles. The predicted octanol–water partition coefficient (Wildman–Crippen LogP) is 6.20. The van der Waals surface area contributed by atoms with Crippen LogP contribution in [0.2, 0.25) is 5.02 Å². The van der Waals surface area contributed by atoms with E-state index in [-0.39, 0.29) is 17.9 Å². The molecule has 2 heterocycles. The van der Waals surface area contributed by atoms with Gasteiger partial charge in [-0.3, -0.25) is 24.4 Å². The molecule has 9 heteroatoms. The van der Waals surface area contributed by atoms with Crippen molar-refractivity contribution in [2.24, 2.45) is 0 Å². The lowest BCUT2D eigenvalue weighted by Gasteiger charge is -2.15. The third-order valence-corrected chi connectivity index (χ3v) is 7.02. The van der Waals surface area contributed by atoms with E-state index in [1.54, 1.807) is 37.3 Å². The van der Waals surface area contributed by atoms with Crippen molar-refractivity contribution in [2.75, 3.05) is 19.5 Å². The summed E-state index contributed by atoms with van der Waals surface area (Å²) in [5.41, 5.74) is 6.01. The number of anilines is 1. The summed E-state index contributed by atoms with van der Waals surface area (Å²) in [6.45, 7) is 3.69. The first-order valence-corrected chi connectivity index (χ1v) is 12.8. The van der Waals surface area contributed by atoms with Gasteiger partial charge in [0.1, 0.15) is 11.4 Å². The minimum Gasteiger partial charge on any atom is -0.352 e. The van der Waals surface area contributed by atoms with Crippen LogP contribution in [-0.4, -0.2) is 42.2 Å². The number of nitrogens with zero attached hydrogens (tertiary/aromatic N) is 2. The van der Waals surface area contributed by atoms with Gasteiger partial charge in [-0.2, -0.15) is 0 Å². The number of methoxy groups -OCH3 is 2. The predicted molar refractivity (Wildman–Crippen MR) is 153 cm³/mol. The van der Waals surface area contributed by atoms with Crippen molar-refractivity contribution in [1.82, 2.24) is 9.97 Å². The van der Waals surface area contributed by atoms with Crippen LogP contribution in [0.15, 0.2) is 67.0 Å². The molecule has 204 valence electrons. The van der Waals surface area contributed by atoms with Crippen molar-refractivity contribution in [3.8, 4) is 11.1 Å². The number of halogens is 1. The average Bonchev–Trinajstić information content (AvgIpc) is 2.96. The van der Waals surface area contributed by atoms with Gasteiger partial charge >= 0.3 is 0 Å². The maximum atomic E-state index is 13.0. The van der Waals surface area contributed by atoms with Gasteiger partial charge in [-0.15, -0.1) is 0 Å². The molecule has 4 aromatic rings. The number of aldehydes is 1.